The minimum absolute atomic E-state index is 0.107. The fourth-order valence-electron chi connectivity index (χ4n) is 2.18. The van der Waals surface area contributed by atoms with Crippen LogP contribution in [0.25, 0.3) is 10.2 Å². The van der Waals surface area contributed by atoms with Gasteiger partial charge in [-0.25, -0.2) is 4.98 Å². The van der Waals surface area contributed by atoms with Crippen LogP contribution in [0.3, 0.4) is 0 Å². The highest BCUT2D eigenvalue weighted by Crippen LogP contribution is 2.30. The third-order valence-electron chi connectivity index (χ3n) is 3.21. The number of nitrogens with zero attached hydrogens (tertiary/aromatic N) is 1. The Morgan fingerprint density at radius 1 is 1.48 bits per heavy atom. The molecule has 3 rings (SSSR count). The molecule has 1 N–H and O–H groups in total. The molecule has 1 aromatic carbocycles. The van der Waals surface area contributed by atoms with E-state index in [0.717, 1.165) is 6.42 Å². The first-order chi connectivity index (χ1) is 10.9. The van der Waals surface area contributed by atoms with Crippen LogP contribution in [0.1, 0.15) is 12.8 Å². The van der Waals surface area contributed by atoms with Gasteiger partial charge in [0.05, 0.1) is 10.2 Å². The van der Waals surface area contributed by atoms with Gasteiger partial charge in [-0.1, -0.05) is 11.3 Å². The summed E-state index contributed by atoms with van der Waals surface area (Å²) >= 11 is 1.17. The summed E-state index contributed by atoms with van der Waals surface area (Å²) in [5.74, 6) is -0.148. The van der Waals surface area contributed by atoms with Crippen molar-refractivity contribution in [3.05, 3.63) is 18.2 Å². The number of fused-ring (bicyclic) bond motifs is 1. The van der Waals surface area contributed by atoms with E-state index in [-0.39, 0.29) is 11.7 Å². The van der Waals surface area contributed by atoms with E-state index in [1.165, 1.54) is 23.5 Å². The Labute approximate surface area is 133 Å². The molecule has 1 aliphatic heterocycles. The van der Waals surface area contributed by atoms with E-state index in [0.29, 0.717) is 28.4 Å². The molecule has 1 fully saturated rings. The SMILES string of the molecule is O=C(Nc1nc2ccc(OCC(F)(F)F)cc2s1)[C@@H]1CCCO1. The Morgan fingerprint density at radius 3 is 3.00 bits per heavy atom. The third kappa shape index (κ3) is 4.11. The molecule has 1 atom stereocenters. The number of hydrogen-bond acceptors (Lipinski definition) is 5. The first kappa shape index (κ1) is 16.0. The van der Waals surface area contributed by atoms with Gasteiger partial charge in [-0.15, -0.1) is 0 Å². The van der Waals surface area contributed by atoms with Crippen LogP contribution in [-0.4, -0.2) is 36.4 Å². The zero-order valence-corrected chi connectivity index (χ0v) is 12.7. The maximum atomic E-state index is 12.2. The van der Waals surface area contributed by atoms with E-state index in [4.69, 9.17) is 9.47 Å². The highest BCUT2D eigenvalue weighted by atomic mass is 32.1. The van der Waals surface area contributed by atoms with E-state index in [9.17, 15) is 18.0 Å². The lowest BCUT2D eigenvalue weighted by Gasteiger charge is -2.08. The van der Waals surface area contributed by atoms with Gasteiger partial charge in [0, 0.05) is 6.61 Å². The van der Waals surface area contributed by atoms with Crippen LogP contribution in [0.2, 0.25) is 0 Å². The highest BCUT2D eigenvalue weighted by molar-refractivity contribution is 7.22. The molecule has 0 spiro atoms. The Hall–Kier alpha value is -1.87. The predicted octanol–water partition coefficient (Wildman–Crippen LogP) is 3.35. The van der Waals surface area contributed by atoms with Gasteiger partial charge in [-0.3, -0.25) is 10.1 Å². The monoisotopic (exact) mass is 346 g/mol. The highest BCUT2D eigenvalue weighted by Gasteiger charge is 2.28. The number of halogens is 3. The molecule has 2 heterocycles. The van der Waals surface area contributed by atoms with Gasteiger partial charge in [0.1, 0.15) is 11.9 Å². The molecule has 0 radical (unpaired) electrons. The van der Waals surface area contributed by atoms with Crippen molar-refractivity contribution < 1.29 is 27.4 Å². The van der Waals surface area contributed by atoms with Crippen molar-refractivity contribution in [1.29, 1.82) is 0 Å². The molecule has 1 amide bonds. The van der Waals surface area contributed by atoms with E-state index < -0.39 is 18.9 Å². The van der Waals surface area contributed by atoms with Crippen LogP contribution in [0.5, 0.6) is 5.75 Å². The minimum atomic E-state index is -4.39. The fourth-order valence-corrected chi connectivity index (χ4v) is 3.08. The minimum Gasteiger partial charge on any atom is -0.484 e. The second kappa shape index (κ2) is 6.32. The molecule has 1 saturated heterocycles. The van der Waals surface area contributed by atoms with Gasteiger partial charge < -0.3 is 9.47 Å². The predicted molar refractivity (Wildman–Crippen MR) is 78.8 cm³/mol. The summed E-state index contributed by atoms with van der Waals surface area (Å²) in [5.41, 5.74) is 0.581. The Bertz CT molecular complexity index is 711. The number of nitrogens with one attached hydrogen (secondary N) is 1. The summed E-state index contributed by atoms with van der Waals surface area (Å²) in [4.78, 5) is 16.2. The molecule has 0 bridgehead atoms. The van der Waals surface area contributed by atoms with Crippen LogP contribution >= 0.6 is 11.3 Å². The van der Waals surface area contributed by atoms with Crippen molar-refractivity contribution in [3.63, 3.8) is 0 Å². The normalized spacial score (nSPS) is 18.3. The summed E-state index contributed by atoms with van der Waals surface area (Å²) < 4.78 is 47.1. The number of anilines is 1. The topological polar surface area (TPSA) is 60.5 Å². The van der Waals surface area contributed by atoms with E-state index >= 15 is 0 Å². The van der Waals surface area contributed by atoms with Crippen molar-refractivity contribution in [2.75, 3.05) is 18.5 Å². The fraction of sp³-hybridized carbons (Fsp3) is 0.429. The van der Waals surface area contributed by atoms with Crippen molar-refractivity contribution in [1.82, 2.24) is 4.98 Å². The van der Waals surface area contributed by atoms with Crippen molar-refractivity contribution in [3.8, 4) is 5.75 Å². The van der Waals surface area contributed by atoms with Gasteiger partial charge in [0.2, 0.25) is 0 Å². The molecule has 23 heavy (non-hydrogen) atoms. The van der Waals surface area contributed by atoms with Gasteiger partial charge >= 0.3 is 6.18 Å². The summed E-state index contributed by atoms with van der Waals surface area (Å²) in [7, 11) is 0. The van der Waals surface area contributed by atoms with Crippen LogP contribution in [0.4, 0.5) is 18.3 Å². The maximum Gasteiger partial charge on any atom is 0.422 e. The van der Waals surface area contributed by atoms with Gasteiger partial charge in [0.25, 0.3) is 5.91 Å². The number of benzene rings is 1. The first-order valence-electron chi connectivity index (χ1n) is 6.93. The quantitative estimate of drug-likeness (QED) is 0.922. The van der Waals surface area contributed by atoms with E-state index in [1.807, 2.05) is 0 Å². The first-order valence-corrected chi connectivity index (χ1v) is 7.75. The second-order valence-electron chi connectivity index (χ2n) is 5.04. The molecule has 5 nitrogen and oxygen atoms in total. The largest absolute Gasteiger partial charge is 0.484 e. The molecule has 9 heteroatoms. The zero-order chi connectivity index (χ0) is 16.4. The van der Waals surface area contributed by atoms with E-state index in [1.54, 1.807) is 6.07 Å². The number of alkyl halides is 3. The second-order valence-corrected chi connectivity index (χ2v) is 6.07. The molecule has 0 unspecified atom stereocenters. The smallest absolute Gasteiger partial charge is 0.422 e. The molecule has 0 saturated carbocycles. The number of rotatable bonds is 4. The lowest BCUT2D eigenvalue weighted by molar-refractivity contribution is -0.153. The number of amides is 1. The van der Waals surface area contributed by atoms with Crippen LogP contribution in [0, 0.1) is 0 Å². The zero-order valence-electron chi connectivity index (χ0n) is 11.9. The number of carbonyl (C=O) groups excluding carboxylic acids is 1. The number of ether oxygens (including phenoxy) is 2. The lowest BCUT2D eigenvalue weighted by atomic mass is 10.2. The average Bonchev–Trinajstić information content (AvgIpc) is 3.12. The summed E-state index contributed by atoms with van der Waals surface area (Å²) in [5, 5.41) is 3.05. The Morgan fingerprint density at radius 2 is 2.30 bits per heavy atom. The molecular weight excluding hydrogens is 333 g/mol. The van der Waals surface area contributed by atoms with Crippen molar-refractivity contribution >= 4 is 32.6 Å². The number of aromatic nitrogens is 1. The van der Waals surface area contributed by atoms with Crippen LogP contribution in [0.15, 0.2) is 18.2 Å². The number of thiazole rings is 1. The average molecular weight is 346 g/mol. The number of hydrogen-bond donors (Lipinski definition) is 1. The Kier molecular flexibility index (Phi) is 4.40. The molecule has 2 aromatic rings. The van der Waals surface area contributed by atoms with Gasteiger partial charge in [-0.05, 0) is 31.0 Å². The van der Waals surface area contributed by atoms with Crippen molar-refractivity contribution in [2.45, 2.75) is 25.1 Å². The van der Waals surface area contributed by atoms with Crippen LogP contribution < -0.4 is 10.1 Å². The number of carbonyl (C=O) groups is 1. The lowest BCUT2D eigenvalue weighted by Crippen LogP contribution is -2.26. The van der Waals surface area contributed by atoms with E-state index in [2.05, 4.69) is 10.3 Å². The molecule has 1 aromatic heterocycles. The molecule has 1 aliphatic rings. The molecule has 124 valence electrons. The standard InChI is InChI=1S/C14H13F3N2O3S/c15-14(16,17)7-22-8-3-4-9-11(6-8)23-13(18-9)19-12(20)10-2-1-5-21-10/h3-4,6,10H,1-2,5,7H2,(H,18,19,20)/t10-/m0/s1. The maximum absolute atomic E-state index is 12.2. The van der Waals surface area contributed by atoms with Crippen LogP contribution in [-0.2, 0) is 9.53 Å². The summed E-state index contributed by atoms with van der Waals surface area (Å²) in [6.45, 7) is -0.780. The van der Waals surface area contributed by atoms with Crippen molar-refractivity contribution in [2.24, 2.45) is 0 Å². The van der Waals surface area contributed by atoms with Gasteiger partial charge in [-0.2, -0.15) is 13.2 Å². The Balaban J connectivity index is 1.70. The summed E-state index contributed by atoms with van der Waals surface area (Å²) in [6, 6.07) is 4.44. The third-order valence-corrected chi connectivity index (χ3v) is 4.15. The molecular formula is C14H13F3N2O3S. The molecule has 0 aliphatic carbocycles. The van der Waals surface area contributed by atoms with Gasteiger partial charge in [0.15, 0.2) is 11.7 Å². The summed E-state index contributed by atoms with van der Waals surface area (Å²) in [6.07, 6.45) is -3.33.